The Morgan fingerprint density at radius 3 is 2.46 bits per heavy atom. The van der Waals surface area contributed by atoms with Gasteiger partial charge in [0.05, 0.1) is 13.2 Å². The van der Waals surface area contributed by atoms with E-state index in [1.165, 1.54) is 0 Å². The van der Waals surface area contributed by atoms with Gasteiger partial charge in [-0.2, -0.15) is 0 Å². The molecule has 6 nitrogen and oxygen atoms in total. The molecule has 0 aromatic heterocycles. The van der Waals surface area contributed by atoms with Gasteiger partial charge < -0.3 is 29.9 Å². The molecule has 0 saturated carbocycles. The van der Waals surface area contributed by atoms with E-state index in [1.807, 2.05) is 0 Å². The topological polar surface area (TPSA) is 99.4 Å². The summed E-state index contributed by atoms with van der Waals surface area (Å²) in [6.07, 6.45) is -3.63. The zero-order valence-corrected chi connectivity index (χ0v) is 7.04. The first kappa shape index (κ1) is 10.8. The van der Waals surface area contributed by atoms with Gasteiger partial charge in [0.25, 0.3) is 0 Å². The maximum Gasteiger partial charge on any atom is 0.144 e. The Morgan fingerprint density at radius 1 is 1.38 bits per heavy atom. The highest BCUT2D eigenvalue weighted by atomic mass is 16.6. The van der Waals surface area contributed by atoms with E-state index in [9.17, 15) is 5.11 Å². The molecule has 13 heavy (non-hydrogen) atoms. The fourth-order valence-electron chi connectivity index (χ4n) is 1.30. The van der Waals surface area contributed by atoms with Gasteiger partial charge in [0, 0.05) is 0 Å². The number of hydrogen-bond acceptors (Lipinski definition) is 6. The Labute approximate surface area is 75.3 Å². The number of ether oxygens (including phenoxy) is 2. The van der Waals surface area contributed by atoms with Crippen molar-refractivity contribution in [2.24, 2.45) is 0 Å². The van der Waals surface area contributed by atoms with Crippen LogP contribution in [0.3, 0.4) is 0 Å². The third kappa shape index (κ3) is 2.37. The fraction of sp³-hybridized carbons (Fsp3) is 1.00. The lowest BCUT2D eigenvalue weighted by molar-refractivity contribution is -0.137. The van der Waals surface area contributed by atoms with Crippen molar-refractivity contribution in [1.82, 2.24) is 0 Å². The van der Waals surface area contributed by atoms with Gasteiger partial charge >= 0.3 is 0 Å². The summed E-state index contributed by atoms with van der Waals surface area (Å²) in [5, 5.41) is 35.7. The van der Waals surface area contributed by atoms with Crippen LogP contribution in [0.2, 0.25) is 0 Å². The zero-order valence-electron chi connectivity index (χ0n) is 7.04. The molecule has 0 aromatic carbocycles. The largest absolute Gasteiger partial charge is 0.394 e. The smallest absolute Gasteiger partial charge is 0.144 e. The summed E-state index contributed by atoms with van der Waals surface area (Å²) in [6.45, 7) is -0.931. The van der Waals surface area contributed by atoms with Crippen LogP contribution < -0.4 is 0 Å². The molecule has 6 heteroatoms. The van der Waals surface area contributed by atoms with Gasteiger partial charge in [0.1, 0.15) is 31.2 Å². The van der Waals surface area contributed by atoms with E-state index in [1.54, 1.807) is 0 Å². The predicted octanol–water partition coefficient (Wildman–Crippen LogP) is -2.57. The first-order valence-electron chi connectivity index (χ1n) is 4.01. The summed E-state index contributed by atoms with van der Waals surface area (Å²) in [5.41, 5.74) is 0. The summed E-state index contributed by atoms with van der Waals surface area (Å²) in [7, 11) is 0. The van der Waals surface area contributed by atoms with Crippen LogP contribution >= 0.6 is 0 Å². The van der Waals surface area contributed by atoms with Crippen molar-refractivity contribution in [1.29, 1.82) is 0 Å². The molecule has 0 amide bonds. The van der Waals surface area contributed by atoms with E-state index in [0.717, 1.165) is 0 Å². The molecule has 0 unspecified atom stereocenters. The van der Waals surface area contributed by atoms with E-state index in [4.69, 9.17) is 24.8 Å². The third-order valence-electron chi connectivity index (χ3n) is 2.03. The monoisotopic (exact) mass is 194 g/mol. The van der Waals surface area contributed by atoms with Crippen LogP contribution in [-0.2, 0) is 9.47 Å². The standard InChI is InChI=1S/C7H14O6/c8-1-5(13-3-9)7-6(11)4(10)2-12-7/h4-11H,1-3H2/t4-,5+,6+,7+/m0/s1. The maximum absolute atomic E-state index is 9.34. The predicted molar refractivity (Wildman–Crippen MR) is 40.8 cm³/mol. The molecule has 0 bridgehead atoms. The third-order valence-corrected chi connectivity index (χ3v) is 2.03. The summed E-state index contributed by atoms with van der Waals surface area (Å²) < 4.78 is 9.69. The van der Waals surface area contributed by atoms with Crippen molar-refractivity contribution >= 4 is 0 Å². The molecule has 0 aliphatic carbocycles. The summed E-state index contributed by atoms with van der Waals surface area (Å²) in [6, 6.07) is 0. The molecule has 78 valence electrons. The summed E-state index contributed by atoms with van der Waals surface area (Å²) in [5.74, 6) is 0. The van der Waals surface area contributed by atoms with E-state index >= 15 is 0 Å². The molecule has 0 aromatic rings. The van der Waals surface area contributed by atoms with Gasteiger partial charge in [0.15, 0.2) is 0 Å². The van der Waals surface area contributed by atoms with E-state index in [-0.39, 0.29) is 13.2 Å². The van der Waals surface area contributed by atoms with Crippen LogP contribution in [0.15, 0.2) is 0 Å². The quantitative estimate of drug-likeness (QED) is 0.367. The van der Waals surface area contributed by atoms with E-state index in [2.05, 4.69) is 0 Å². The second-order valence-electron chi connectivity index (χ2n) is 2.87. The fourth-order valence-corrected chi connectivity index (χ4v) is 1.30. The molecule has 1 heterocycles. The highest BCUT2D eigenvalue weighted by Crippen LogP contribution is 2.19. The minimum Gasteiger partial charge on any atom is -0.394 e. The highest BCUT2D eigenvalue weighted by molar-refractivity contribution is 4.88. The summed E-state index contributed by atoms with van der Waals surface area (Å²) >= 11 is 0. The van der Waals surface area contributed by atoms with Crippen molar-refractivity contribution in [3.63, 3.8) is 0 Å². The van der Waals surface area contributed by atoms with Gasteiger partial charge in [-0.05, 0) is 0 Å². The Kier molecular flexibility index (Phi) is 4.04. The average Bonchev–Trinajstić information content (AvgIpc) is 2.45. The van der Waals surface area contributed by atoms with Crippen molar-refractivity contribution in [2.75, 3.05) is 20.0 Å². The number of aliphatic hydroxyl groups excluding tert-OH is 4. The van der Waals surface area contributed by atoms with Crippen LogP contribution in [0.25, 0.3) is 0 Å². The van der Waals surface area contributed by atoms with Crippen LogP contribution in [0, 0.1) is 0 Å². The van der Waals surface area contributed by atoms with Crippen molar-refractivity contribution in [2.45, 2.75) is 24.4 Å². The lowest BCUT2D eigenvalue weighted by Gasteiger charge is -2.22. The number of hydrogen-bond donors (Lipinski definition) is 4. The van der Waals surface area contributed by atoms with Gasteiger partial charge in [-0.1, -0.05) is 0 Å². The first-order chi connectivity index (χ1) is 6.20. The van der Waals surface area contributed by atoms with Crippen molar-refractivity contribution in [3.05, 3.63) is 0 Å². The van der Waals surface area contributed by atoms with Gasteiger partial charge in [-0.15, -0.1) is 0 Å². The highest BCUT2D eigenvalue weighted by Gasteiger charge is 2.40. The Balaban J connectivity index is 2.49. The van der Waals surface area contributed by atoms with Crippen LogP contribution in [0.1, 0.15) is 0 Å². The molecular formula is C7H14O6. The van der Waals surface area contributed by atoms with Crippen LogP contribution in [0.5, 0.6) is 0 Å². The molecule has 4 atom stereocenters. The maximum atomic E-state index is 9.34. The Hall–Kier alpha value is -0.240. The normalized spacial score (nSPS) is 36.5. The van der Waals surface area contributed by atoms with Crippen molar-refractivity contribution < 1.29 is 29.9 Å². The van der Waals surface area contributed by atoms with Gasteiger partial charge in [-0.25, -0.2) is 0 Å². The first-order valence-corrected chi connectivity index (χ1v) is 4.01. The molecule has 4 N–H and O–H groups in total. The molecule has 1 aliphatic rings. The molecule has 0 spiro atoms. The van der Waals surface area contributed by atoms with E-state index in [0.29, 0.717) is 0 Å². The molecule has 1 rings (SSSR count). The Morgan fingerprint density at radius 2 is 2.08 bits per heavy atom. The average molecular weight is 194 g/mol. The minimum atomic E-state index is -1.08. The SMILES string of the molecule is OCO[C@H](CO)[C@H]1OC[C@H](O)[C@H]1O. The zero-order chi connectivity index (χ0) is 9.84. The molecule has 1 aliphatic heterocycles. The van der Waals surface area contributed by atoms with E-state index < -0.39 is 31.2 Å². The lowest BCUT2D eigenvalue weighted by Crippen LogP contribution is -2.42. The number of aliphatic hydroxyl groups is 4. The minimum absolute atomic E-state index is 0.0110. The molecule has 1 fully saturated rings. The molecule has 1 saturated heterocycles. The Bertz CT molecular complexity index is 152. The van der Waals surface area contributed by atoms with Crippen LogP contribution in [-0.4, -0.2) is 64.8 Å². The molecular weight excluding hydrogens is 180 g/mol. The second kappa shape index (κ2) is 4.85. The van der Waals surface area contributed by atoms with Gasteiger partial charge in [0.2, 0.25) is 0 Å². The summed E-state index contributed by atoms with van der Waals surface area (Å²) in [4.78, 5) is 0. The second-order valence-corrected chi connectivity index (χ2v) is 2.87. The van der Waals surface area contributed by atoms with Crippen LogP contribution in [0.4, 0.5) is 0 Å². The lowest BCUT2D eigenvalue weighted by atomic mass is 10.1. The van der Waals surface area contributed by atoms with Gasteiger partial charge in [-0.3, -0.25) is 0 Å². The molecule has 0 radical (unpaired) electrons. The number of rotatable bonds is 4. The van der Waals surface area contributed by atoms with Crippen molar-refractivity contribution in [3.8, 4) is 0 Å².